The van der Waals surface area contributed by atoms with E-state index in [0.29, 0.717) is 22.6 Å². The Morgan fingerprint density at radius 2 is 2.00 bits per heavy atom. The quantitative estimate of drug-likeness (QED) is 0.531. The van der Waals surface area contributed by atoms with Gasteiger partial charge in [0, 0.05) is 5.56 Å². The number of oxime groups is 1. The molecule has 2 aromatic carbocycles. The van der Waals surface area contributed by atoms with Crippen molar-refractivity contribution < 1.29 is 14.3 Å². The molecule has 0 aliphatic rings. The first-order chi connectivity index (χ1) is 10.1. The highest BCUT2D eigenvalue weighted by atomic mass is 19.1. The number of rotatable bonds is 4. The van der Waals surface area contributed by atoms with Gasteiger partial charge in [-0.25, -0.2) is 4.39 Å². The van der Waals surface area contributed by atoms with Gasteiger partial charge in [0.2, 0.25) is 0 Å². The maximum atomic E-state index is 13.6. The molecule has 0 heterocycles. The SMILES string of the molecule is C/C(=N\O)c1ccc(OCc2cc(C#N)ccc2F)cc1. The molecule has 0 amide bonds. The summed E-state index contributed by atoms with van der Waals surface area (Å²) < 4.78 is 19.1. The van der Waals surface area contributed by atoms with E-state index in [1.807, 2.05) is 6.07 Å². The first kappa shape index (κ1) is 14.5. The average molecular weight is 284 g/mol. The van der Waals surface area contributed by atoms with E-state index in [1.54, 1.807) is 31.2 Å². The minimum Gasteiger partial charge on any atom is -0.489 e. The van der Waals surface area contributed by atoms with Crippen molar-refractivity contribution >= 4 is 5.71 Å². The van der Waals surface area contributed by atoms with Crippen molar-refractivity contribution in [1.82, 2.24) is 0 Å². The third-order valence-corrected chi connectivity index (χ3v) is 2.99. The van der Waals surface area contributed by atoms with E-state index >= 15 is 0 Å². The van der Waals surface area contributed by atoms with Crippen LogP contribution in [0.2, 0.25) is 0 Å². The zero-order chi connectivity index (χ0) is 15.2. The van der Waals surface area contributed by atoms with E-state index in [4.69, 9.17) is 15.2 Å². The van der Waals surface area contributed by atoms with E-state index in [-0.39, 0.29) is 6.61 Å². The first-order valence-electron chi connectivity index (χ1n) is 6.24. The lowest BCUT2D eigenvalue weighted by Gasteiger charge is -2.08. The van der Waals surface area contributed by atoms with E-state index < -0.39 is 5.82 Å². The predicted molar refractivity (Wildman–Crippen MR) is 75.9 cm³/mol. The van der Waals surface area contributed by atoms with Crippen LogP contribution in [-0.4, -0.2) is 10.9 Å². The van der Waals surface area contributed by atoms with Crippen LogP contribution in [0.4, 0.5) is 4.39 Å². The van der Waals surface area contributed by atoms with E-state index in [0.717, 1.165) is 5.56 Å². The Bertz CT molecular complexity index is 703. The number of ether oxygens (including phenoxy) is 1. The van der Waals surface area contributed by atoms with E-state index in [1.165, 1.54) is 18.2 Å². The molecule has 4 nitrogen and oxygen atoms in total. The van der Waals surface area contributed by atoms with Crippen LogP contribution in [0.15, 0.2) is 47.6 Å². The van der Waals surface area contributed by atoms with Gasteiger partial charge in [0.15, 0.2) is 0 Å². The van der Waals surface area contributed by atoms with Crippen LogP contribution in [0.25, 0.3) is 0 Å². The fraction of sp³-hybridized carbons (Fsp3) is 0.125. The average Bonchev–Trinajstić information content (AvgIpc) is 2.54. The molecule has 0 radical (unpaired) electrons. The Balaban J connectivity index is 2.08. The molecule has 0 fully saturated rings. The molecule has 0 spiro atoms. The number of hydrogen-bond acceptors (Lipinski definition) is 4. The molecule has 0 saturated carbocycles. The summed E-state index contributed by atoms with van der Waals surface area (Å²) in [4.78, 5) is 0. The van der Waals surface area contributed by atoms with Crippen LogP contribution in [-0.2, 0) is 6.61 Å². The minimum atomic E-state index is -0.408. The van der Waals surface area contributed by atoms with Crippen LogP contribution < -0.4 is 4.74 Å². The molecular weight excluding hydrogens is 271 g/mol. The van der Waals surface area contributed by atoms with Crippen LogP contribution in [0.3, 0.4) is 0 Å². The van der Waals surface area contributed by atoms with Crippen molar-refractivity contribution in [3.63, 3.8) is 0 Å². The summed E-state index contributed by atoms with van der Waals surface area (Å²) >= 11 is 0. The van der Waals surface area contributed by atoms with Crippen LogP contribution in [0.1, 0.15) is 23.6 Å². The van der Waals surface area contributed by atoms with E-state index in [9.17, 15) is 4.39 Å². The van der Waals surface area contributed by atoms with Gasteiger partial charge in [-0.3, -0.25) is 0 Å². The molecule has 0 bridgehead atoms. The molecule has 21 heavy (non-hydrogen) atoms. The first-order valence-corrected chi connectivity index (χ1v) is 6.24. The van der Waals surface area contributed by atoms with Gasteiger partial charge in [0.1, 0.15) is 18.2 Å². The lowest BCUT2D eigenvalue weighted by atomic mass is 10.1. The van der Waals surface area contributed by atoms with Gasteiger partial charge in [-0.1, -0.05) is 5.16 Å². The summed E-state index contributed by atoms with van der Waals surface area (Å²) in [5.41, 5.74) is 1.98. The third kappa shape index (κ3) is 3.57. The molecule has 0 atom stereocenters. The molecule has 2 aromatic rings. The summed E-state index contributed by atoms with van der Waals surface area (Å²) in [6, 6.07) is 13.0. The second-order valence-corrected chi connectivity index (χ2v) is 4.42. The van der Waals surface area contributed by atoms with E-state index in [2.05, 4.69) is 5.16 Å². The molecule has 1 N–H and O–H groups in total. The van der Waals surface area contributed by atoms with Gasteiger partial charge in [-0.15, -0.1) is 0 Å². The zero-order valence-corrected chi connectivity index (χ0v) is 11.4. The second-order valence-electron chi connectivity index (χ2n) is 4.42. The van der Waals surface area contributed by atoms with Gasteiger partial charge in [0.05, 0.1) is 17.3 Å². The molecule has 5 heteroatoms. The highest BCUT2D eigenvalue weighted by molar-refractivity contribution is 5.98. The van der Waals surface area contributed by atoms with Gasteiger partial charge >= 0.3 is 0 Å². The molecule has 0 aromatic heterocycles. The van der Waals surface area contributed by atoms with Gasteiger partial charge in [-0.2, -0.15) is 5.26 Å². The topological polar surface area (TPSA) is 65.6 Å². The second kappa shape index (κ2) is 6.53. The van der Waals surface area contributed by atoms with Crippen molar-refractivity contribution in [3.05, 3.63) is 65.0 Å². The van der Waals surface area contributed by atoms with Crippen molar-refractivity contribution in [1.29, 1.82) is 5.26 Å². The monoisotopic (exact) mass is 284 g/mol. The Hall–Kier alpha value is -2.87. The number of hydrogen-bond donors (Lipinski definition) is 1. The van der Waals surface area contributed by atoms with Gasteiger partial charge in [-0.05, 0) is 55.0 Å². The van der Waals surface area contributed by atoms with Crippen molar-refractivity contribution in [3.8, 4) is 11.8 Å². The standard InChI is InChI=1S/C16H13FN2O2/c1-11(19-20)13-3-5-15(6-4-13)21-10-14-8-12(9-18)2-7-16(14)17/h2-8,20H,10H2,1H3/b19-11+. The molecular formula is C16H13FN2O2. The van der Waals surface area contributed by atoms with Crippen LogP contribution in [0, 0.1) is 17.1 Å². The van der Waals surface area contributed by atoms with Crippen LogP contribution in [0.5, 0.6) is 5.75 Å². The molecule has 106 valence electrons. The van der Waals surface area contributed by atoms with Gasteiger partial charge < -0.3 is 9.94 Å². The fourth-order valence-corrected chi connectivity index (χ4v) is 1.77. The number of benzene rings is 2. The van der Waals surface area contributed by atoms with Crippen molar-refractivity contribution in [2.45, 2.75) is 13.5 Å². The fourth-order valence-electron chi connectivity index (χ4n) is 1.77. The number of nitriles is 1. The molecule has 2 rings (SSSR count). The predicted octanol–water partition coefficient (Wildman–Crippen LogP) is 3.47. The Kier molecular flexibility index (Phi) is 4.52. The lowest BCUT2D eigenvalue weighted by Crippen LogP contribution is -2.00. The molecule has 0 aliphatic carbocycles. The third-order valence-electron chi connectivity index (χ3n) is 2.99. The summed E-state index contributed by atoms with van der Waals surface area (Å²) in [5.74, 6) is 0.153. The Morgan fingerprint density at radius 1 is 1.29 bits per heavy atom. The smallest absolute Gasteiger partial charge is 0.129 e. The molecule has 0 aliphatic heterocycles. The summed E-state index contributed by atoms with van der Waals surface area (Å²) in [7, 11) is 0. The maximum absolute atomic E-state index is 13.6. The Morgan fingerprint density at radius 3 is 2.62 bits per heavy atom. The largest absolute Gasteiger partial charge is 0.489 e. The van der Waals surface area contributed by atoms with Crippen molar-refractivity contribution in [2.75, 3.05) is 0 Å². The highest BCUT2D eigenvalue weighted by Gasteiger charge is 2.05. The van der Waals surface area contributed by atoms with Crippen molar-refractivity contribution in [2.24, 2.45) is 5.16 Å². The summed E-state index contributed by atoms with van der Waals surface area (Å²) in [6.45, 7) is 1.71. The van der Waals surface area contributed by atoms with Gasteiger partial charge in [0.25, 0.3) is 0 Å². The summed E-state index contributed by atoms with van der Waals surface area (Å²) in [6.07, 6.45) is 0. The minimum absolute atomic E-state index is 0.0355. The summed E-state index contributed by atoms with van der Waals surface area (Å²) in [5, 5.41) is 20.6. The normalized spacial score (nSPS) is 11.0. The maximum Gasteiger partial charge on any atom is 0.129 e. The zero-order valence-electron chi connectivity index (χ0n) is 11.4. The molecule has 0 unspecified atom stereocenters. The van der Waals surface area contributed by atoms with Crippen LogP contribution >= 0.6 is 0 Å². The highest BCUT2D eigenvalue weighted by Crippen LogP contribution is 2.17. The number of nitrogens with zero attached hydrogens (tertiary/aromatic N) is 2. The Labute approximate surface area is 121 Å². The number of halogens is 1. The molecule has 0 saturated heterocycles. The lowest BCUT2D eigenvalue weighted by molar-refractivity contribution is 0.299.